The van der Waals surface area contributed by atoms with E-state index in [0.29, 0.717) is 17.5 Å². The first-order chi connectivity index (χ1) is 26.7. The highest BCUT2D eigenvalue weighted by atomic mass is 15.0. The highest BCUT2D eigenvalue weighted by Crippen LogP contribution is 2.36. The van der Waals surface area contributed by atoms with E-state index in [0.717, 1.165) is 38.9 Å². The molecule has 0 aliphatic rings. The van der Waals surface area contributed by atoms with Crippen LogP contribution in [0, 0.1) is 0 Å². The second-order valence-electron chi connectivity index (χ2n) is 13.5. The summed E-state index contributed by atoms with van der Waals surface area (Å²) >= 11 is 0. The number of hydrogen-bond acceptors (Lipinski definition) is 4. The lowest BCUT2D eigenvalue weighted by molar-refractivity contribution is 1.07. The van der Waals surface area contributed by atoms with Gasteiger partial charge in [0.1, 0.15) is 0 Å². The monoisotopic (exact) mass is 688 g/mol. The standard InChI is InChI=1S/C50H32N4/c1-2-8-37(9-3-1)48-52-49(54-50(53-48)39-25-19-35(20-26-39)43-12-7-29-51-32-43)38-23-17-34(18-24-38)33-15-21-36(22-16-33)44-13-6-14-45-46(44)28-27-42-30-40-10-4-5-11-41(40)31-47(42)45/h1-32H. The van der Waals surface area contributed by atoms with Gasteiger partial charge in [-0.25, -0.2) is 15.0 Å². The van der Waals surface area contributed by atoms with E-state index < -0.39 is 0 Å². The zero-order chi connectivity index (χ0) is 35.8. The van der Waals surface area contributed by atoms with Crippen molar-refractivity contribution in [3.8, 4) is 67.5 Å². The molecule has 8 aromatic carbocycles. The number of nitrogens with zero attached hydrogens (tertiary/aromatic N) is 4. The summed E-state index contributed by atoms with van der Waals surface area (Å²) in [6, 6.07) is 64.1. The Kier molecular flexibility index (Phi) is 7.77. The molecule has 2 heterocycles. The molecule has 4 nitrogen and oxygen atoms in total. The Bertz CT molecular complexity index is 2940. The molecule has 0 fully saturated rings. The minimum absolute atomic E-state index is 0.631. The van der Waals surface area contributed by atoms with Gasteiger partial charge in [-0.1, -0.05) is 164 Å². The predicted molar refractivity (Wildman–Crippen MR) is 223 cm³/mol. The molecule has 10 rings (SSSR count). The quantitative estimate of drug-likeness (QED) is 0.129. The van der Waals surface area contributed by atoms with Crippen molar-refractivity contribution in [1.29, 1.82) is 0 Å². The van der Waals surface area contributed by atoms with Crippen molar-refractivity contribution in [1.82, 2.24) is 19.9 Å². The van der Waals surface area contributed by atoms with Crippen LogP contribution in [0.1, 0.15) is 0 Å². The average Bonchev–Trinajstić information content (AvgIpc) is 3.26. The second kappa shape index (κ2) is 13.4. The Morgan fingerprint density at radius 2 is 0.796 bits per heavy atom. The molecule has 0 atom stereocenters. The number of hydrogen-bond donors (Lipinski definition) is 0. The Morgan fingerprint density at radius 1 is 0.278 bits per heavy atom. The van der Waals surface area contributed by atoms with Gasteiger partial charge in [-0.2, -0.15) is 0 Å². The third-order valence-electron chi connectivity index (χ3n) is 10.2. The average molecular weight is 689 g/mol. The Labute approximate surface area is 313 Å². The first kappa shape index (κ1) is 31.4. The summed E-state index contributed by atoms with van der Waals surface area (Å²) in [5.74, 6) is 1.90. The fourth-order valence-corrected chi connectivity index (χ4v) is 7.38. The Hall–Kier alpha value is -7.30. The third-order valence-corrected chi connectivity index (χ3v) is 10.2. The Balaban J connectivity index is 0.963. The van der Waals surface area contributed by atoms with E-state index in [4.69, 9.17) is 15.0 Å². The summed E-state index contributed by atoms with van der Waals surface area (Å²) in [7, 11) is 0. The summed E-state index contributed by atoms with van der Waals surface area (Å²) in [6.45, 7) is 0. The van der Waals surface area contributed by atoms with Crippen LogP contribution in [0.5, 0.6) is 0 Å². The molecule has 0 aliphatic carbocycles. The number of rotatable bonds is 6. The van der Waals surface area contributed by atoms with Gasteiger partial charge in [0.15, 0.2) is 17.5 Å². The lowest BCUT2D eigenvalue weighted by Gasteiger charge is -2.12. The van der Waals surface area contributed by atoms with Crippen molar-refractivity contribution in [3.05, 3.63) is 194 Å². The lowest BCUT2D eigenvalue weighted by Crippen LogP contribution is -2.00. The molecule has 0 radical (unpaired) electrons. The van der Waals surface area contributed by atoms with E-state index in [1.165, 1.54) is 43.4 Å². The minimum atomic E-state index is 0.631. The van der Waals surface area contributed by atoms with Crippen LogP contribution < -0.4 is 0 Å². The number of fused-ring (bicyclic) bond motifs is 4. The van der Waals surface area contributed by atoms with Crippen LogP contribution in [0.25, 0.3) is 99.9 Å². The maximum atomic E-state index is 4.97. The molecular weight excluding hydrogens is 657 g/mol. The first-order valence-electron chi connectivity index (χ1n) is 18.1. The maximum Gasteiger partial charge on any atom is 0.164 e. The highest BCUT2D eigenvalue weighted by Gasteiger charge is 2.14. The molecular formula is C50H32N4. The van der Waals surface area contributed by atoms with Crippen molar-refractivity contribution >= 4 is 32.3 Å². The number of aromatic nitrogens is 4. The van der Waals surface area contributed by atoms with Gasteiger partial charge in [0, 0.05) is 29.1 Å². The molecule has 0 amide bonds. The van der Waals surface area contributed by atoms with Crippen LogP contribution in [-0.2, 0) is 0 Å². The summed E-state index contributed by atoms with van der Waals surface area (Å²) in [5, 5.41) is 7.60. The molecule has 0 saturated carbocycles. The number of pyridine rings is 1. The van der Waals surface area contributed by atoms with Crippen molar-refractivity contribution < 1.29 is 0 Å². The molecule has 54 heavy (non-hydrogen) atoms. The summed E-state index contributed by atoms with van der Waals surface area (Å²) in [6.07, 6.45) is 3.66. The zero-order valence-corrected chi connectivity index (χ0v) is 29.3. The molecule has 0 saturated heterocycles. The van der Waals surface area contributed by atoms with Gasteiger partial charge >= 0.3 is 0 Å². The van der Waals surface area contributed by atoms with Gasteiger partial charge < -0.3 is 0 Å². The summed E-state index contributed by atoms with van der Waals surface area (Å²) < 4.78 is 0. The van der Waals surface area contributed by atoms with Crippen molar-refractivity contribution in [3.63, 3.8) is 0 Å². The van der Waals surface area contributed by atoms with Gasteiger partial charge in [0.2, 0.25) is 0 Å². The molecule has 252 valence electrons. The largest absolute Gasteiger partial charge is 0.264 e. The lowest BCUT2D eigenvalue weighted by atomic mass is 9.92. The minimum Gasteiger partial charge on any atom is -0.264 e. The van der Waals surface area contributed by atoms with Crippen molar-refractivity contribution in [2.24, 2.45) is 0 Å². The molecule has 0 N–H and O–H groups in total. The van der Waals surface area contributed by atoms with Gasteiger partial charge in [-0.3, -0.25) is 4.98 Å². The van der Waals surface area contributed by atoms with Gasteiger partial charge in [0.25, 0.3) is 0 Å². The molecule has 0 bridgehead atoms. The van der Waals surface area contributed by atoms with Crippen LogP contribution in [-0.4, -0.2) is 19.9 Å². The Morgan fingerprint density at radius 3 is 1.41 bits per heavy atom. The zero-order valence-electron chi connectivity index (χ0n) is 29.3. The van der Waals surface area contributed by atoms with Crippen LogP contribution >= 0.6 is 0 Å². The third kappa shape index (κ3) is 5.86. The molecule has 0 spiro atoms. The fourth-order valence-electron chi connectivity index (χ4n) is 7.38. The van der Waals surface area contributed by atoms with Gasteiger partial charge in [-0.05, 0) is 83.9 Å². The molecule has 0 unspecified atom stereocenters. The SMILES string of the molecule is c1ccc(-c2nc(-c3ccc(-c4ccc(-c5cccc6c5ccc5cc7ccccc7cc56)cc4)cc3)nc(-c3ccc(-c4cccnc4)cc3)n2)cc1. The van der Waals surface area contributed by atoms with E-state index in [2.05, 4.69) is 151 Å². The van der Waals surface area contributed by atoms with E-state index in [-0.39, 0.29) is 0 Å². The summed E-state index contributed by atoms with van der Waals surface area (Å²) in [5.41, 5.74) is 9.66. The highest BCUT2D eigenvalue weighted by molar-refractivity contribution is 6.15. The van der Waals surface area contributed by atoms with Crippen molar-refractivity contribution in [2.45, 2.75) is 0 Å². The summed E-state index contributed by atoms with van der Waals surface area (Å²) in [4.78, 5) is 19.1. The molecule has 0 aliphatic heterocycles. The van der Waals surface area contributed by atoms with Gasteiger partial charge in [0.05, 0.1) is 0 Å². The van der Waals surface area contributed by atoms with Gasteiger partial charge in [-0.15, -0.1) is 0 Å². The van der Waals surface area contributed by atoms with Crippen LogP contribution in [0.15, 0.2) is 194 Å². The second-order valence-corrected chi connectivity index (χ2v) is 13.5. The van der Waals surface area contributed by atoms with E-state index in [9.17, 15) is 0 Å². The normalized spacial score (nSPS) is 11.3. The van der Waals surface area contributed by atoms with E-state index >= 15 is 0 Å². The molecule has 2 aromatic heterocycles. The van der Waals surface area contributed by atoms with E-state index in [1.807, 2.05) is 42.6 Å². The van der Waals surface area contributed by atoms with Crippen molar-refractivity contribution in [2.75, 3.05) is 0 Å². The van der Waals surface area contributed by atoms with Crippen LogP contribution in [0.2, 0.25) is 0 Å². The topological polar surface area (TPSA) is 51.6 Å². The van der Waals surface area contributed by atoms with Crippen LogP contribution in [0.4, 0.5) is 0 Å². The van der Waals surface area contributed by atoms with E-state index in [1.54, 1.807) is 6.20 Å². The fraction of sp³-hybridized carbons (Fsp3) is 0. The van der Waals surface area contributed by atoms with Crippen LogP contribution in [0.3, 0.4) is 0 Å². The first-order valence-corrected chi connectivity index (χ1v) is 18.1. The maximum absolute atomic E-state index is 4.97. The molecule has 10 aromatic rings. The predicted octanol–water partition coefficient (Wildman–Crippen LogP) is 12.7. The smallest absolute Gasteiger partial charge is 0.164 e. The molecule has 4 heteroatoms. The number of benzene rings is 8.